The number of allylic oxidation sites excluding steroid dienone is 5. The van der Waals surface area contributed by atoms with Gasteiger partial charge in [-0.2, -0.15) is 0 Å². The lowest BCUT2D eigenvalue weighted by Gasteiger charge is -2.35. The topological polar surface area (TPSA) is 17.1 Å². The van der Waals surface area contributed by atoms with Gasteiger partial charge >= 0.3 is 0 Å². The van der Waals surface area contributed by atoms with Crippen molar-refractivity contribution < 1.29 is 4.57 Å². The van der Waals surface area contributed by atoms with Crippen molar-refractivity contribution in [2.24, 2.45) is 0 Å². The normalized spacial score (nSPS) is 39.5. The Balaban J connectivity index is 2.39. The van der Waals surface area contributed by atoms with E-state index in [0.717, 1.165) is 25.4 Å². The Kier molecular flexibility index (Phi) is 2.77. The third-order valence-corrected chi connectivity index (χ3v) is 7.66. The summed E-state index contributed by atoms with van der Waals surface area (Å²) in [7, 11) is -2.13. The Morgan fingerprint density at radius 3 is 2.73 bits per heavy atom. The van der Waals surface area contributed by atoms with Crippen LogP contribution in [0.4, 0.5) is 0 Å². The molecule has 2 unspecified atom stereocenters. The van der Waals surface area contributed by atoms with Crippen molar-refractivity contribution in [3.05, 3.63) is 35.7 Å². The Morgan fingerprint density at radius 1 is 1.47 bits per heavy atom. The van der Waals surface area contributed by atoms with E-state index in [9.17, 15) is 4.57 Å². The second-order valence-electron chi connectivity index (χ2n) is 4.69. The molecule has 0 N–H and O–H groups in total. The zero-order valence-corrected chi connectivity index (χ0v) is 10.5. The van der Waals surface area contributed by atoms with E-state index >= 15 is 0 Å². The van der Waals surface area contributed by atoms with Crippen molar-refractivity contribution in [1.29, 1.82) is 0 Å². The highest BCUT2D eigenvalue weighted by Gasteiger charge is 2.44. The minimum absolute atomic E-state index is 0.0699. The fourth-order valence-corrected chi connectivity index (χ4v) is 6.29. The molecule has 2 atom stereocenters. The van der Waals surface area contributed by atoms with Gasteiger partial charge in [0.2, 0.25) is 0 Å². The minimum Gasteiger partial charge on any atom is -0.318 e. The largest absolute Gasteiger partial charge is 0.318 e. The highest BCUT2D eigenvalue weighted by molar-refractivity contribution is 7.69. The summed E-state index contributed by atoms with van der Waals surface area (Å²) in [4.78, 5) is 0. The van der Waals surface area contributed by atoms with E-state index in [1.54, 1.807) is 0 Å². The van der Waals surface area contributed by atoms with E-state index in [1.165, 1.54) is 5.57 Å². The van der Waals surface area contributed by atoms with E-state index in [4.69, 9.17) is 0 Å². The first-order chi connectivity index (χ1) is 7.12. The Morgan fingerprint density at radius 2 is 2.27 bits per heavy atom. The van der Waals surface area contributed by atoms with E-state index in [1.807, 2.05) is 0 Å². The molecule has 0 aromatic heterocycles. The molecule has 1 aliphatic heterocycles. The molecule has 1 heterocycles. The maximum Gasteiger partial charge on any atom is 0.118 e. The summed E-state index contributed by atoms with van der Waals surface area (Å²) in [5, 5.41) is -0.0699. The molecule has 0 aromatic rings. The Labute approximate surface area is 92.3 Å². The molecule has 2 rings (SSSR count). The molecule has 0 aromatic carbocycles. The summed E-state index contributed by atoms with van der Waals surface area (Å²) < 4.78 is 13.0. The van der Waals surface area contributed by atoms with Crippen LogP contribution in [0.5, 0.6) is 0 Å². The van der Waals surface area contributed by atoms with Crippen molar-refractivity contribution in [2.45, 2.75) is 38.3 Å². The van der Waals surface area contributed by atoms with Gasteiger partial charge in [0.25, 0.3) is 0 Å². The highest BCUT2D eigenvalue weighted by atomic mass is 31.2. The molecule has 15 heavy (non-hydrogen) atoms. The van der Waals surface area contributed by atoms with Crippen LogP contribution in [0.3, 0.4) is 0 Å². The van der Waals surface area contributed by atoms with Crippen molar-refractivity contribution >= 4 is 7.14 Å². The van der Waals surface area contributed by atoms with E-state index in [0.29, 0.717) is 0 Å². The van der Waals surface area contributed by atoms with Gasteiger partial charge in [0, 0.05) is 11.3 Å². The summed E-state index contributed by atoms with van der Waals surface area (Å²) in [5.74, 6) is 2.08. The van der Waals surface area contributed by atoms with Gasteiger partial charge in [0.05, 0.1) is 0 Å². The molecule has 0 amide bonds. The van der Waals surface area contributed by atoms with Gasteiger partial charge in [0.1, 0.15) is 7.14 Å². The lowest BCUT2D eigenvalue weighted by atomic mass is 9.97. The molecular weight excluding hydrogens is 203 g/mol. The van der Waals surface area contributed by atoms with Crippen molar-refractivity contribution in [2.75, 3.05) is 6.16 Å². The average molecular weight is 222 g/mol. The van der Waals surface area contributed by atoms with Gasteiger partial charge in [-0.05, 0) is 32.0 Å². The maximum absolute atomic E-state index is 13.0. The maximum atomic E-state index is 13.0. The van der Waals surface area contributed by atoms with Gasteiger partial charge in [-0.15, -0.1) is 0 Å². The van der Waals surface area contributed by atoms with E-state index < -0.39 is 7.14 Å². The van der Waals surface area contributed by atoms with Crippen LogP contribution in [-0.2, 0) is 4.57 Å². The van der Waals surface area contributed by atoms with Gasteiger partial charge in [-0.1, -0.05) is 36.8 Å². The molecule has 82 valence electrons. The third-order valence-electron chi connectivity index (χ3n) is 3.76. The standard InChI is InChI=1S/C13H19OP/c1-3-13(8-5-4-6-9-13)15(14)10-7-12(2)11-15/h4-6,8,11H,3,7,9-10H2,1-2H3. The quantitative estimate of drug-likeness (QED) is 0.636. The van der Waals surface area contributed by atoms with E-state index in [-0.39, 0.29) is 5.16 Å². The van der Waals surface area contributed by atoms with Crippen LogP contribution in [0.25, 0.3) is 0 Å². The minimum atomic E-state index is -2.13. The van der Waals surface area contributed by atoms with Crippen LogP contribution in [0.2, 0.25) is 0 Å². The fourth-order valence-electron chi connectivity index (χ4n) is 2.64. The lowest BCUT2D eigenvalue weighted by Crippen LogP contribution is -2.25. The monoisotopic (exact) mass is 222 g/mol. The second-order valence-corrected chi connectivity index (χ2v) is 7.88. The van der Waals surface area contributed by atoms with Crippen LogP contribution >= 0.6 is 7.14 Å². The number of hydrogen-bond acceptors (Lipinski definition) is 1. The molecular formula is C13H19OP. The van der Waals surface area contributed by atoms with E-state index in [2.05, 4.69) is 44.0 Å². The molecule has 0 saturated heterocycles. The van der Waals surface area contributed by atoms with Gasteiger partial charge in [-0.25, -0.2) is 0 Å². The van der Waals surface area contributed by atoms with Crippen LogP contribution in [0, 0.1) is 0 Å². The van der Waals surface area contributed by atoms with Crippen LogP contribution in [0.15, 0.2) is 35.7 Å². The highest BCUT2D eigenvalue weighted by Crippen LogP contribution is 2.67. The summed E-state index contributed by atoms with van der Waals surface area (Å²) in [6, 6.07) is 0. The first-order valence-electron chi connectivity index (χ1n) is 5.73. The first kappa shape index (κ1) is 11.0. The molecule has 0 radical (unpaired) electrons. The van der Waals surface area contributed by atoms with Gasteiger partial charge in [0.15, 0.2) is 0 Å². The molecule has 0 bridgehead atoms. The first-order valence-corrected chi connectivity index (χ1v) is 7.70. The zero-order chi connectivity index (χ0) is 10.9. The predicted octanol–water partition coefficient (Wildman–Crippen LogP) is 4.32. The van der Waals surface area contributed by atoms with Crippen molar-refractivity contribution in [3.63, 3.8) is 0 Å². The molecule has 2 aliphatic rings. The number of hydrogen-bond donors (Lipinski definition) is 0. The Hall–Kier alpha value is -0.550. The molecule has 0 spiro atoms. The number of rotatable bonds is 2. The SMILES string of the molecule is CCC1(P2(=O)C=C(C)CC2)C=CC=CC1. The van der Waals surface area contributed by atoms with Crippen LogP contribution in [-0.4, -0.2) is 11.3 Å². The summed E-state index contributed by atoms with van der Waals surface area (Å²) in [6.07, 6.45) is 12.3. The lowest BCUT2D eigenvalue weighted by molar-refractivity contribution is 0.543. The van der Waals surface area contributed by atoms with Gasteiger partial charge in [-0.3, -0.25) is 0 Å². The summed E-state index contributed by atoms with van der Waals surface area (Å²) in [6.45, 7) is 4.26. The van der Waals surface area contributed by atoms with Gasteiger partial charge < -0.3 is 4.57 Å². The molecule has 0 fully saturated rings. The molecule has 1 nitrogen and oxygen atoms in total. The fraction of sp³-hybridized carbons (Fsp3) is 0.538. The van der Waals surface area contributed by atoms with Crippen LogP contribution < -0.4 is 0 Å². The van der Waals surface area contributed by atoms with Crippen LogP contribution in [0.1, 0.15) is 33.1 Å². The smallest absolute Gasteiger partial charge is 0.118 e. The van der Waals surface area contributed by atoms with Crippen molar-refractivity contribution in [3.8, 4) is 0 Å². The zero-order valence-electron chi connectivity index (χ0n) is 9.57. The third kappa shape index (κ3) is 1.67. The Bertz CT molecular complexity index is 389. The van der Waals surface area contributed by atoms with Crippen molar-refractivity contribution in [1.82, 2.24) is 0 Å². The second kappa shape index (κ2) is 3.79. The molecule has 0 saturated carbocycles. The average Bonchev–Trinajstić information content (AvgIpc) is 2.61. The summed E-state index contributed by atoms with van der Waals surface area (Å²) in [5.41, 5.74) is 1.31. The molecule has 2 heteroatoms. The predicted molar refractivity (Wildman–Crippen MR) is 66.8 cm³/mol. The summed E-state index contributed by atoms with van der Waals surface area (Å²) >= 11 is 0. The molecule has 1 aliphatic carbocycles.